The van der Waals surface area contributed by atoms with Crippen LogP contribution in [0.1, 0.15) is 23.6 Å². The van der Waals surface area contributed by atoms with Crippen LogP contribution in [0, 0.1) is 5.82 Å². The van der Waals surface area contributed by atoms with E-state index in [1.807, 2.05) is 54.3 Å². The highest BCUT2D eigenvalue weighted by atomic mass is 127. The fourth-order valence-corrected chi connectivity index (χ4v) is 2.83. The molecular formula is C22H27FIN5. The van der Waals surface area contributed by atoms with E-state index in [0.717, 1.165) is 43.1 Å². The minimum Gasteiger partial charge on any atom is -0.357 e. The number of aromatic nitrogens is 2. The highest BCUT2D eigenvalue weighted by Crippen LogP contribution is 2.05. The second-order valence-corrected chi connectivity index (χ2v) is 6.53. The van der Waals surface area contributed by atoms with Crippen LogP contribution in [-0.2, 0) is 19.5 Å². The standard InChI is InChI=1S/C22H26FN5.HI/c1-2-24-22(25-13-12-18-8-10-21(23)11-9-18)26-14-20-15-27-28(17-20)16-19-6-4-3-5-7-19;/h3-11,15,17H,2,12-14,16H2,1H3,(H2,24,25,26);1H. The molecule has 0 saturated carbocycles. The first-order valence-electron chi connectivity index (χ1n) is 9.55. The molecule has 0 radical (unpaired) electrons. The van der Waals surface area contributed by atoms with Crippen LogP contribution in [0.5, 0.6) is 0 Å². The molecule has 3 rings (SSSR count). The van der Waals surface area contributed by atoms with E-state index in [4.69, 9.17) is 0 Å². The van der Waals surface area contributed by atoms with Crippen LogP contribution in [-0.4, -0.2) is 28.8 Å². The number of nitrogens with zero attached hydrogens (tertiary/aromatic N) is 3. The molecule has 3 aromatic rings. The fraction of sp³-hybridized carbons (Fsp3) is 0.273. The van der Waals surface area contributed by atoms with E-state index in [0.29, 0.717) is 6.54 Å². The molecule has 2 N–H and O–H groups in total. The Hall–Kier alpha value is -2.42. The molecule has 0 fully saturated rings. The third kappa shape index (κ3) is 7.84. The third-order valence-electron chi connectivity index (χ3n) is 4.26. The average Bonchev–Trinajstić information content (AvgIpc) is 3.16. The highest BCUT2D eigenvalue weighted by Gasteiger charge is 2.02. The molecule has 0 amide bonds. The van der Waals surface area contributed by atoms with E-state index in [9.17, 15) is 4.39 Å². The first kappa shape index (κ1) is 22.9. The number of hydrogen-bond donors (Lipinski definition) is 2. The molecular weight excluding hydrogens is 480 g/mol. The van der Waals surface area contributed by atoms with Gasteiger partial charge in [-0.05, 0) is 36.6 Å². The van der Waals surface area contributed by atoms with Gasteiger partial charge in [-0.1, -0.05) is 42.5 Å². The van der Waals surface area contributed by atoms with Crippen LogP contribution in [0.3, 0.4) is 0 Å². The van der Waals surface area contributed by atoms with Crippen LogP contribution in [0.2, 0.25) is 0 Å². The molecule has 0 saturated heterocycles. The molecule has 7 heteroatoms. The van der Waals surface area contributed by atoms with Gasteiger partial charge in [-0.3, -0.25) is 4.68 Å². The fourth-order valence-electron chi connectivity index (χ4n) is 2.83. The Bertz CT molecular complexity index is 878. The Kier molecular flexibility index (Phi) is 9.63. The summed E-state index contributed by atoms with van der Waals surface area (Å²) in [6.45, 7) is 4.86. The summed E-state index contributed by atoms with van der Waals surface area (Å²) in [6, 6.07) is 16.8. The van der Waals surface area contributed by atoms with Gasteiger partial charge in [-0.15, -0.1) is 24.0 Å². The molecule has 154 valence electrons. The van der Waals surface area contributed by atoms with Crippen LogP contribution in [0.15, 0.2) is 72.0 Å². The monoisotopic (exact) mass is 507 g/mol. The van der Waals surface area contributed by atoms with Gasteiger partial charge in [0.2, 0.25) is 0 Å². The molecule has 1 heterocycles. The van der Waals surface area contributed by atoms with Crippen molar-refractivity contribution in [1.29, 1.82) is 0 Å². The van der Waals surface area contributed by atoms with E-state index in [-0.39, 0.29) is 29.8 Å². The molecule has 0 bridgehead atoms. The number of aliphatic imine (C=N–C) groups is 1. The van der Waals surface area contributed by atoms with Gasteiger partial charge in [0.25, 0.3) is 0 Å². The topological polar surface area (TPSA) is 54.2 Å². The predicted octanol–water partition coefficient (Wildman–Crippen LogP) is 3.99. The van der Waals surface area contributed by atoms with Gasteiger partial charge >= 0.3 is 0 Å². The van der Waals surface area contributed by atoms with Gasteiger partial charge in [0.05, 0.1) is 19.3 Å². The van der Waals surface area contributed by atoms with E-state index < -0.39 is 0 Å². The summed E-state index contributed by atoms with van der Waals surface area (Å²) in [7, 11) is 0. The van der Waals surface area contributed by atoms with Gasteiger partial charge in [0.1, 0.15) is 5.82 Å². The lowest BCUT2D eigenvalue weighted by atomic mass is 10.1. The maximum Gasteiger partial charge on any atom is 0.191 e. The Labute approximate surface area is 188 Å². The predicted molar refractivity (Wildman–Crippen MR) is 126 cm³/mol. The average molecular weight is 507 g/mol. The summed E-state index contributed by atoms with van der Waals surface area (Å²) in [6.07, 6.45) is 4.69. The molecule has 0 aliphatic heterocycles. The second-order valence-electron chi connectivity index (χ2n) is 6.53. The van der Waals surface area contributed by atoms with Gasteiger partial charge in [0.15, 0.2) is 5.96 Å². The largest absolute Gasteiger partial charge is 0.357 e. The van der Waals surface area contributed by atoms with Crippen molar-refractivity contribution in [2.24, 2.45) is 4.99 Å². The van der Waals surface area contributed by atoms with Crippen molar-refractivity contribution >= 4 is 29.9 Å². The SMILES string of the molecule is CCNC(=NCc1cnn(Cc2ccccc2)c1)NCCc1ccc(F)cc1.I. The molecule has 0 atom stereocenters. The molecule has 5 nitrogen and oxygen atoms in total. The summed E-state index contributed by atoms with van der Waals surface area (Å²) in [5.74, 6) is 0.555. The van der Waals surface area contributed by atoms with Crippen LogP contribution in [0.25, 0.3) is 0 Å². The first-order valence-corrected chi connectivity index (χ1v) is 9.55. The van der Waals surface area contributed by atoms with Crippen molar-refractivity contribution in [3.63, 3.8) is 0 Å². The second kappa shape index (κ2) is 12.2. The number of hydrogen-bond acceptors (Lipinski definition) is 2. The molecule has 0 aliphatic rings. The quantitative estimate of drug-likeness (QED) is 0.276. The van der Waals surface area contributed by atoms with Crippen LogP contribution >= 0.6 is 24.0 Å². The van der Waals surface area contributed by atoms with Crippen molar-refractivity contribution in [2.75, 3.05) is 13.1 Å². The Morgan fingerprint density at radius 1 is 1.00 bits per heavy atom. The molecule has 2 aromatic carbocycles. The first-order chi connectivity index (χ1) is 13.7. The summed E-state index contributed by atoms with van der Waals surface area (Å²) < 4.78 is 14.9. The molecule has 1 aromatic heterocycles. The summed E-state index contributed by atoms with van der Waals surface area (Å²) in [4.78, 5) is 4.63. The van der Waals surface area contributed by atoms with Crippen LogP contribution in [0.4, 0.5) is 4.39 Å². The lowest BCUT2D eigenvalue weighted by Gasteiger charge is -2.11. The van der Waals surface area contributed by atoms with Crippen molar-refractivity contribution in [2.45, 2.75) is 26.4 Å². The summed E-state index contributed by atoms with van der Waals surface area (Å²) >= 11 is 0. The van der Waals surface area contributed by atoms with E-state index in [1.54, 1.807) is 0 Å². The van der Waals surface area contributed by atoms with Crippen LogP contribution < -0.4 is 10.6 Å². The van der Waals surface area contributed by atoms with Gasteiger partial charge in [-0.2, -0.15) is 5.10 Å². The maximum atomic E-state index is 13.0. The lowest BCUT2D eigenvalue weighted by molar-refractivity contribution is 0.626. The van der Waals surface area contributed by atoms with E-state index >= 15 is 0 Å². The van der Waals surface area contributed by atoms with Crippen molar-refractivity contribution < 1.29 is 4.39 Å². The number of rotatable bonds is 8. The lowest BCUT2D eigenvalue weighted by Crippen LogP contribution is -2.38. The zero-order valence-corrected chi connectivity index (χ0v) is 18.8. The number of halogens is 2. The molecule has 29 heavy (non-hydrogen) atoms. The Morgan fingerprint density at radius 3 is 2.48 bits per heavy atom. The number of nitrogens with one attached hydrogen (secondary N) is 2. The zero-order chi connectivity index (χ0) is 19.6. The van der Waals surface area contributed by atoms with Crippen molar-refractivity contribution in [1.82, 2.24) is 20.4 Å². The van der Waals surface area contributed by atoms with Gasteiger partial charge in [0, 0.05) is 24.8 Å². The highest BCUT2D eigenvalue weighted by molar-refractivity contribution is 14.0. The van der Waals surface area contributed by atoms with E-state index in [2.05, 4.69) is 32.9 Å². The molecule has 0 aliphatic carbocycles. The molecule has 0 unspecified atom stereocenters. The van der Waals surface area contributed by atoms with E-state index in [1.165, 1.54) is 17.7 Å². The summed E-state index contributed by atoms with van der Waals surface area (Å²) in [5.41, 5.74) is 3.37. The Morgan fingerprint density at radius 2 is 1.76 bits per heavy atom. The number of guanidine groups is 1. The van der Waals surface area contributed by atoms with Crippen molar-refractivity contribution in [3.05, 3.63) is 89.5 Å². The minimum atomic E-state index is -0.209. The minimum absolute atomic E-state index is 0. The summed E-state index contributed by atoms with van der Waals surface area (Å²) in [5, 5.41) is 11.0. The third-order valence-corrected chi connectivity index (χ3v) is 4.26. The smallest absolute Gasteiger partial charge is 0.191 e. The Balaban J connectivity index is 0.00000300. The van der Waals surface area contributed by atoms with Crippen molar-refractivity contribution in [3.8, 4) is 0 Å². The van der Waals surface area contributed by atoms with Gasteiger partial charge in [-0.25, -0.2) is 9.38 Å². The maximum absolute atomic E-state index is 13.0. The number of benzene rings is 2. The zero-order valence-electron chi connectivity index (χ0n) is 16.5. The molecule has 0 spiro atoms. The van der Waals surface area contributed by atoms with Gasteiger partial charge < -0.3 is 10.6 Å². The normalized spacial score (nSPS) is 11.0.